The molecule has 4 rings (SSSR count). The number of hydrogen-bond acceptors (Lipinski definition) is 6. The van der Waals surface area contributed by atoms with Crippen LogP contribution < -0.4 is 15.4 Å². The zero-order valence-corrected chi connectivity index (χ0v) is 18.3. The van der Waals surface area contributed by atoms with Crippen molar-refractivity contribution in [3.63, 3.8) is 0 Å². The Morgan fingerprint density at radius 2 is 1.94 bits per heavy atom. The molecule has 0 saturated carbocycles. The van der Waals surface area contributed by atoms with E-state index in [4.69, 9.17) is 9.73 Å². The number of nitrogens with zero attached hydrogens (tertiary/aromatic N) is 2. The number of benzene rings is 2. The largest absolute Gasteiger partial charge is 0.497 e. The van der Waals surface area contributed by atoms with Gasteiger partial charge in [0, 0.05) is 26.2 Å². The highest BCUT2D eigenvalue weighted by molar-refractivity contribution is 7.89. The number of nitrogens with one attached hydrogen (secondary N) is 2. The molecule has 0 atom stereocenters. The number of ether oxygens (including phenoxy) is 1. The van der Waals surface area contributed by atoms with E-state index in [-0.39, 0.29) is 10.4 Å². The van der Waals surface area contributed by atoms with Gasteiger partial charge in [-0.1, -0.05) is 12.1 Å². The Labute approximate surface area is 182 Å². The monoisotopic (exact) mass is 446 g/mol. The van der Waals surface area contributed by atoms with Crippen molar-refractivity contribution in [3.8, 4) is 5.75 Å². The van der Waals surface area contributed by atoms with Crippen molar-refractivity contribution in [2.24, 2.45) is 4.99 Å². The average Bonchev–Trinajstić information content (AvgIpc) is 2.79. The van der Waals surface area contributed by atoms with Gasteiger partial charge in [0.1, 0.15) is 17.4 Å². The zero-order chi connectivity index (χ0) is 21.9. The van der Waals surface area contributed by atoms with Crippen molar-refractivity contribution in [2.75, 3.05) is 33.3 Å². The Morgan fingerprint density at radius 3 is 2.65 bits per heavy atom. The van der Waals surface area contributed by atoms with Crippen molar-refractivity contribution in [1.29, 1.82) is 0 Å². The van der Waals surface area contributed by atoms with Crippen LogP contribution in [0, 0.1) is 5.82 Å². The molecule has 0 unspecified atom stereocenters. The van der Waals surface area contributed by atoms with Crippen molar-refractivity contribution in [3.05, 3.63) is 59.9 Å². The second-order valence-electron chi connectivity index (χ2n) is 7.80. The summed E-state index contributed by atoms with van der Waals surface area (Å²) < 4.78 is 45.9. The molecular weight excluding hydrogens is 419 g/mol. The second-order valence-corrected chi connectivity index (χ2v) is 9.74. The van der Waals surface area contributed by atoms with Crippen LogP contribution in [-0.4, -0.2) is 57.4 Å². The van der Waals surface area contributed by atoms with Crippen LogP contribution in [0.5, 0.6) is 5.75 Å². The van der Waals surface area contributed by atoms with Crippen LogP contribution >= 0.6 is 0 Å². The number of sulfonamides is 1. The molecule has 2 aliphatic heterocycles. The van der Waals surface area contributed by atoms with Crippen molar-refractivity contribution in [2.45, 2.75) is 29.8 Å². The first-order valence-corrected chi connectivity index (χ1v) is 11.8. The normalized spacial score (nSPS) is 19.1. The highest BCUT2D eigenvalue weighted by Gasteiger charge is 2.43. The molecular formula is C22H27FN4O3S. The third-order valence-corrected chi connectivity index (χ3v) is 7.83. The molecule has 0 radical (unpaired) electrons. The van der Waals surface area contributed by atoms with Gasteiger partial charge in [-0.15, -0.1) is 0 Å². The molecule has 2 aliphatic rings. The Balaban J connectivity index is 1.44. The Bertz CT molecular complexity index is 1050. The average molecular weight is 447 g/mol. The summed E-state index contributed by atoms with van der Waals surface area (Å²) in [5.74, 6) is 1.23. The summed E-state index contributed by atoms with van der Waals surface area (Å²) in [5, 5.41) is 7.04. The van der Waals surface area contributed by atoms with E-state index in [1.165, 1.54) is 28.6 Å². The van der Waals surface area contributed by atoms with Crippen LogP contribution in [0.2, 0.25) is 0 Å². The molecule has 1 fully saturated rings. The van der Waals surface area contributed by atoms with Gasteiger partial charge in [-0.25, -0.2) is 12.8 Å². The number of aliphatic imine (C=N–C) groups is 1. The van der Waals surface area contributed by atoms with Crippen LogP contribution in [0.25, 0.3) is 0 Å². The Morgan fingerprint density at radius 1 is 1.19 bits per heavy atom. The molecule has 0 amide bonds. The third-order valence-electron chi connectivity index (χ3n) is 5.92. The third kappa shape index (κ3) is 4.58. The van der Waals surface area contributed by atoms with Crippen molar-refractivity contribution >= 4 is 15.9 Å². The van der Waals surface area contributed by atoms with Gasteiger partial charge >= 0.3 is 0 Å². The second kappa shape index (κ2) is 8.94. The number of methoxy groups -OCH3 is 1. The minimum Gasteiger partial charge on any atom is -0.497 e. The first-order valence-electron chi connectivity index (χ1n) is 10.4. The van der Waals surface area contributed by atoms with E-state index in [1.807, 2.05) is 24.3 Å². The van der Waals surface area contributed by atoms with E-state index >= 15 is 0 Å². The summed E-state index contributed by atoms with van der Waals surface area (Å²) in [6.07, 6.45) is 1.22. The van der Waals surface area contributed by atoms with E-state index in [1.54, 1.807) is 7.11 Å². The molecule has 2 heterocycles. The topological polar surface area (TPSA) is 83.0 Å². The molecule has 0 aliphatic carbocycles. The van der Waals surface area contributed by atoms with Gasteiger partial charge < -0.3 is 15.4 Å². The molecule has 31 heavy (non-hydrogen) atoms. The summed E-state index contributed by atoms with van der Waals surface area (Å²) in [6.45, 7) is 2.78. The van der Waals surface area contributed by atoms with Crippen LogP contribution in [0.1, 0.15) is 18.4 Å². The fourth-order valence-corrected chi connectivity index (χ4v) is 5.61. The zero-order valence-electron chi connectivity index (χ0n) is 17.5. The summed E-state index contributed by atoms with van der Waals surface area (Å²) in [6, 6.07) is 12.8. The Hall–Kier alpha value is -2.49. The highest BCUT2D eigenvalue weighted by atomic mass is 32.2. The molecule has 0 aromatic heterocycles. The van der Waals surface area contributed by atoms with E-state index in [9.17, 15) is 12.8 Å². The van der Waals surface area contributed by atoms with Gasteiger partial charge in [0.05, 0.1) is 24.1 Å². The van der Waals surface area contributed by atoms with Gasteiger partial charge in [0.2, 0.25) is 10.0 Å². The maximum absolute atomic E-state index is 13.2. The van der Waals surface area contributed by atoms with Gasteiger partial charge in [-0.3, -0.25) is 4.99 Å². The van der Waals surface area contributed by atoms with Crippen LogP contribution in [0.4, 0.5) is 4.39 Å². The lowest BCUT2D eigenvalue weighted by molar-refractivity contribution is 0.241. The quantitative estimate of drug-likeness (QED) is 0.736. The summed E-state index contributed by atoms with van der Waals surface area (Å²) >= 11 is 0. The number of amidine groups is 1. The summed E-state index contributed by atoms with van der Waals surface area (Å²) in [7, 11) is -2.01. The smallest absolute Gasteiger partial charge is 0.243 e. The van der Waals surface area contributed by atoms with Crippen LogP contribution in [-0.2, 0) is 16.6 Å². The highest BCUT2D eigenvalue weighted by Crippen LogP contribution is 2.29. The van der Waals surface area contributed by atoms with Crippen LogP contribution in [0.15, 0.2) is 58.4 Å². The minimum atomic E-state index is -3.65. The SMILES string of the molecule is COc1cccc(CNC2=NCCNC23CCN(S(=O)(=O)c2ccc(F)cc2)CC3)c1. The van der Waals surface area contributed by atoms with Gasteiger partial charge in [0.25, 0.3) is 0 Å². The lowest BCUT2D eigenvalue weighted by Gasteiger charge is -2.44. The molecule has 0 bridgehead atoms. The van der Waals surface area contributed by atoms with Crippen molar-refractivity contribution < 1.29 is 17.5 Å². The molecule has 166 valence electrons. The predicted molar refractivity (Wildman–Crippen MR) is 117 cm³/mol. The van der Waals surface area contributed by atoms with E-state index in [2.05, 4.69) is 10.6 Å². The van der Waals surface area contributed by atoms with E-state index in [0.29, 0.717) is 39.0 Å². The van der Waals surface area contributed by atoms with Gasteiger partial charge in [-0.05, 0) is 54.8 Å². The molecule has 1 saturated heterocycles. The molecule has 2 N–H and O–H groups in total. The van der Waals surface area contributed by atoms with E-state index < -0.39 is 15.8 Å². The first-order chi connectivity index (χ1) is 14.9. The molecule has 2 aromatic rings. The summed E-state index contributed by atoms with van der Waals surface area (Å²) in [4.78, 5) is 4.84. The predicted octanol–water partition coefficient (Wildman–Crippen LogP) is 2.15. The van der Waals surface area contributed by atoms with Gasteiger partial charge in [-0.2, -0.15) is 4.31 Å². The lowest BCUT2D eigenvalue weighted by Crippen LogP contribution is -2.64. The van der Waals surface area contributed by atoms with Crippen molar-refractivity contribution in [1.82, 2.24) is 14.9 Å². The molecule has 7 nitrogen and oxygen atoms in total. The molecule has 9 heteroatoms. The maximum atomic E-state index is 13.2. The van der Waals surface area contributed by atoms with E-state index in [0.717, 1.165) is 23.7 Å². The Kier molecular flexibility index (Phi) is 6.27. The van der Waals surface area contributed by atoms with Crippen LogP contribution in [0.3, 0.4) is 0 Å². The molecule has 1 spiro atoms. The minimum absolute atomic E-state index is 0.117. The maximum Gasteiger partial charge on any atom is 0.243 e. The molecule has 2 aromatic carbocycles. The van der Waals surface area contributed by atoms with Gasteiger partial charge in [0.15, 0.2) is 0 Å². The standard InChI is InChI=1S/C22H27FN4O3S/c1-30-19-4-2-3-17(15-19)16-25-21-22(26-12-11-24-21)9-13-27(14-10-22)31(28,29)20-7-5-18(23)6-8-20/h2-8,15,26H,9-14,16H2,1H3,(H,24,25). The fourth-order valence-electron chi connectivity index (χ4n) is 4.17. The first kappa shape index (κ1) is 21.7. The lowest BCUT2D eigenvalue weighted by atomic mass is 9.85. The number of rotatable bonds is 5. The fraction of sp³-hybridized carbons (Fsp3) is 0.409. The number of piperidine rings is 1. The summed E-state index contributed by atoms with van der Waals surface area (Å²) in [5.41, 5.74) is 0.713. The number of hydrogen-bond donors (Lipinski definition) is 2. The number of halogens is 1.